The lowest BCUT2D eigenvalue weighted by molar-refractivity contribution is -0.384. The van der Waals surface area contributed by atoms with Crippen LogP contribution in [0.15, 0.2) is 24.5 Å². The molecule has 0 bridgehead atoms. The number of benzene rings is 1. The van der Waals surface area contributed by atoms with Crippen molar-refractivity contribution in [1.29, 1.82) is 0 Å². The molecule has 110 valence electrons. The Hall–Kier alpha value is -2.97. The monoisotopic (exact) mass is 290 g/mol. The van der Waals surface area contributed by atoms with E-state index in [0.717, 1.165) is 0 Å². The van der Waals surface area contributed by atoms with Crippen LogP contribution in [-0.2, 0) is 6.42 Å². The fraction of sp³-hybridized carbons (Fsp3) is 0.250. The molecule has 1 amide bonds. The van der Waals surface area contributed by atoms with E-state index in [-0.39, 0.29) is 17.2 Å². The summed E-state index contributed by atoms with van der Waals surface area (Å²) in [6.45, 7) is 0.454. The molecule has 0 saturated carbocycles. The second-order valence-electron chi connectivity index (χ2n) is 4.18. The molecule has 0 spiro atoms. The summed E-state index contributed by atoms with van der Waals surface area (Å²) in [6.07, 6.45) is 1.95. The van der Waals surface area contributed by atoms with Crippen LogP contribution in [0.3, 0.4) is 0 Å². The summed E-state index contributed by atoms with van der Waals surface area (Å²) in [4.78, 5) is 26.0. The van der Waals surface area contributed by atoms with Crippen molar-refractivity contribution < 1.29 is 9.72 Å². The van der Waals surface area contributed by atoms with Gasteiger partial charge in [0.1, 0.15) is 17.8 Å². The first-order valence-corrected chi connectivity index (χ1v) is 6.20. The third-order valence-corrected chi connectivity index (χ3v) is 2.83. The molecule has 2 rings (SSSR count). The molecule has 0 fully saturated rings. The molecule has 1 aromatic heterocycles. The Bertz CT molecular complexity index is 640. The molecule has 9 nitrogen and oxygen atoms in total. The molecule has 1 aromatic carbocycles. The normalized spacial score (nSPS) is 10.1. The Morgan fingerprint density at radius 1 is 1.48 bits per heavy atom. The lowest BCUT2D eigenvalue weighted by Gasteiger charge is -2.07. The van der Waals surface area contributed by atoms with Crippen molar-refractivity contribution in [1.82, 2.24) is 20.5 Å². The van der Waals surface area contributed by atoms with Crippen molar-refractivity contribution in [2.75, 3.05) is 18.9 Å². The third-order valence-electron chi connectivity index (χ3n) is 2.83. The summed E-state index contributed by atoms with van der Waals surface area (Å²) in [7, 11) is 1.47. The predicted octanol–water partition coefficient (Wildman–Crippen LogP) is 0.727. The first-order valence-electron chi connectivity index (χ1n) is 6.20. The van der Waals surface area contributed by atoms with Crippen LogP contribution in [0.25, 0.3) is 0 Å². The second kappa shape index (κ2) is 6.46. The molecule has 0 atom stereocenters. The standard InChI is InChI=1S/C12H14N6O3/c1-13-12(19)8-2-3-9(10(6-8)18(20)21)14-5-4-11-15-7-16-17-11/h2-3,6-7,14H,4-5H2,1H3,(H,13,19)(H,15,16,17). The van der Waals surface area contributed by atoms with E-state index in [2.05, 4.69) is 25.8 Å². The quantitative estimate of drug-likeness (QED) is 0.531. The Labute approximate surface area is 119 Å². The van der Waals surface area contributed by atoms with E-state index in [9.17, 15) is 14.9 Å². The van der Waals surface area contributed by atoms with Gasteiger partial charge in [-0.2, -0.15) is 5.10 Å². The summed E-state index contributed by atoms with van der Waals surface area (Å²) in [5.41, 5.74) is 0.450. The number of nitro benzene ring substituents is 1. The van der Waals surface area contributed by atoms with Crippen LogP contribution < -0.4 is 10.6 Å². The van der Waals surface area contributed by atoms with Gasteiger partial charge in [-0.05, 0) is 12.1 Å². The maximum atomic E-state index is 11.5. The summed E-state index contributed by atoms with van der Waals surface area (Å²) < 4.78 is 0. The van der Waals surface area contributed by atoms with E-state index >= 15 is 0 Å². The number of hydrogen-bond donors (Lipinski definition) is 3. The average molecular weight is 290 g/mol. The molecular formula is C12H14N6O3. The highest BCUT2D eigenvalue weighted by molar-refractivity contribution is 5.95. The maximum absolute atomic E-state index is 11.5. The van der Waals surface area contributed by atoms with Crippen LogP contribution >= 0.6 is 0 Å². The van der Waals surface area contributed by atoms with Crippen molar-refractivity contribution in [2.24, 2.45) is 0 Å². The maximum Gasteiger partial charge on any atom is 0.293 e. The molecule has 0 aliphatic rings. The Kier molecular flexibility index (Phi) is 4.44. The molecule has 3 N–H and O–H groups in total. The molecule has 0 radical (unpaired) electrons. The zero-order chi connectivity index (χ0) is 15.2. The van der Waals surface area contributed by atoms with E-state index in [4.69, 9.17) is 0 Å². The van der Waals surface area contributed by atoms with Gasteiger partial charge >= 0.3 is 0 Å². The number of carbonyl (C=O) groups is 1. The number of aromatic amines is 1. The summed E-state index contributed by atoms with van der Waals surface area (Å²) >= 11 is 0. The Morgan fingerprint density at radius 3 is 2.90 bits per heavy atom. The number of aromatic nitrogens is 3. The molecule has 0 aliphatic carbocycles. The minimum Gasteiger partial charge on any atom is -0.379 e. The molecular weight excluding hydrogens is 276 g/mol. The Morgan fingerprint density at radius 2 is 2.29 bits per heavy atom. The smallest absolute Gasteiger partial charge is 0.293 e. The first-order chi connectivity index (χ1) is 10.1. The van der Waals surface area contributed by atoms with Gasteiger partial charge in [-0.1, -0.05) is 0 Å². The van der Waals surface area contributed by atoms with Gasteiger partial charge in [0.25, 0.3) is 11.6 Å². The summed E-state index contributed by atoms with van der Waals surface area (Å²) in [6, 6.07) is 4.29. The van der Waals surface area contributed by atoms with Crippen LogP contribution in [0.4, 0.5) is 11.4 Å². The molecule has 0 unspecified atom stereocenters. The average Bonchev–Trinajstić information content (AvgIpc) is 2.99. The molecule has 2 aromatic rings. The van der Waals surface area contributed by atoms with Crippen LogP contribution in [0, 0.1) is 10.1 Å². The van der Waals surface area contributed by atoms with Gasteiger partial charge in [-0.25, -0.2) is 4.98 Å². The zero-order valence-electron chi connectivity index (χ0n) is 11.3. The van der Waals surface area contributed by atoms with E-state index < -0.39 is 4.92 Å². The van der Waals surface area contributed by atoms with Crippen molar-refractivity contribution in [2.45, 2.75) is 6.42 Å². The second-order valence-corrected chi connectivity index (χ2v) is 4.18. The predicted molar refractivity (Wildman–Crippen MR) is 75.1 cm³/mol. The summed E-state index contributed by atoms with van der Waals surface area (Å²) in [5, 5.41) is 22.9. The number of nitrogens with zero attached hydrogens (tertiary/aromatic N) is 3. The minimum atomic E-state index is -0.525. The number of hydrogen-bond acceptors (Lipinski definition) is 6. The van der Waals surface area contributed by atoms with Gasteiger partial charge in [0.15, 0.2) is 0 Å². The summed E-state index contributed by atoms with van der Waals surface area (Å²) in [5.74, 6) is 0.318. The highest BCUT2D eigenvalue weighted by atomic mass is 16.6. The highest BCUT2D eigenvalue weighted by Gasteiger charge is 2.16. The molecule has 1 heterocycles. The number of anilines is 1. The molecule has 21 heavy (non-hydrogen) atoms. The van der Waals surface area contributed by atoms with Crippen molar-refractivity contribution in [3.05, 3.63) is 46.0 Å². The molecule has 0 aliphatic heterocycles. The number of rotatable bonds is 6. The van der Waals surface area contributed by atoms with E-state index in [0.29, 0.717) is 24.5 Å². The zero-order valence-corrected chi connectivity index (χ0v) is 11.3. The van der Waals surface area contributed by atoms with Gasteiger partial charge in [0.05, 0.1) is 4.92 Å². The topological polar surface area (TPSA) is 126 Å². The largest absolute Gasteiger partial charge is 0.379 e. The number of nitro groups is 1. The van der Waals surface area contributed by atoms with Crippen LogP contribution in [0.1, 0.15) is 16.2 Å². The van der Waals surface area contributed by atoms with Crippen molar-refractivity contribution in [3.8, 4) is 0 Å². The highest BCUT2D eigenvalue weighted by Crippen LogP contribution is 2.25. The van der Waals surface area contributed by atoms with Crippen molar-refractivity contribution in [3.63, 3.8) is 0 Å². The van der Waals surface area contributed by atoms with Crippen molar-refractivity contribution >= 4 is 17.3 Å². The number of amides is 1. The van der Waals surface area contributed by atoms with Gasteiger partial charge in [-0.15, -0.1) is 0 Å². The lowest BCUT2D eigenvalue weighted by atomic mass is 10.1. The molecule has 9 heteroatoms. The number of nitrogens with one attached hydrogen (secondary N) is 3. The van der Waals surface area contributed by atoms with E-state index in [1.165, 1.54) is 31.6 Å². The minimum absolute atomic E-state index is 0.145. The molecule has 0 saturated heterocycles. The first kappa shape index (κ1) is 14.4. The van der Waals surface area contributed by atoms with E-state index in [1.807, 2.05) is 0 Å². The van der Waals surface area contributed by atoms with Gasteiger partial charge in [0.2, 0.25) is 0 Å². The van der Waals surface area contributed by atoms with Gasteiger partial charge in [0, 0.05) is 31.6 Å². The number of carbonyl (C=O) groups excluding carboxylic acids is 1. The van der Waals surface area contributed by atoms with E-state index in [1.54, 1.807) is 0 Å². The fourth-order valence-corrected chi connectivity index (χ4v) is 1.78. The van der Waals surface area contributed by atoms with Gasteiger partial charge < -0.3 is 10.6 Å². The third kappa shape index (κ3) is 3.53. The van der Waals surface area contributed by atoms with Crippen LogP contribution in [0.5, 0.6) is 0 Å². The van der Waals surface area contributed by atoms with Crippen LogP contribution in [-0.4, -0.2) is 39.6 Å². The fourth-order valence-electron chi connectivity index (χ4n) is 1.78. The SMILES string of the molecule is CNC(=O)c1ccc(NCCc2ncn[nH]2)c([N+](=O)[O-])c1. The Balaban J connectivity index is 2.11. The number of H-pyrrole nitrogens is 1. The lowest BCUT2D eigenvalue weighted by Crippen LogP contribution is -2.18. The van der Waals surface area contributed by atoms with Gasteiger partial charge in [-0.3, -0.25) is 20.0 Å². The van der Waals surface area contributed by atoms with Crippen LogP contribution in [0.2, 0.25) is 0 Å².